The molecule has 3 aromatic rings. The smallest absolute Gasteiger partial charge is 0.284 e. The third kappa shape index (κ3) is 3.87. The van der Waals surface area contributed by atoms with E-state index >= 15 is 4.57 Å². The van der Waals surface area contributed by atoms with E-state index in [0.717, 1.165) is 43.1 Å². The van der Waals surface area contributed by atoms with Crippen LogP contribution in [0.4, 0.5) is 11.4 Å². The monoisotopic (exact) mass is 445 g/mol. The number of rotatable bonds is 5. The Kier molecular flexibility index (Phi) is 6.08. The highest BCUT2D eigenvalue weighted by Gasteiger charge is 2.52. The molecule has 2 aliphatic rings. The Morgan fingerprint density at radius 2 is 1.16 bits per heavy atom. The fourth-order valence-electron chi connectivity index (χ4n) is 5.18. The molecule has 166 valence electrons. The molecule has 0 radical (unpaired) electrons. The zero-order valence-corrected chi connectivity index (χ0v) is 19.7. The number of para-hydroxylation sites is 2. The Labute approximate surface area is 191 Å². The van der Waals surface area contributed by atoms with E-state index in [9.17, 15) is 0 Å². The molecular formula is C27H32N3OP. The number of likely N-dealkylation sites (tertiary alicyclic amines) is 1. The lowest BCUT2D eigenvalue weighted by molar-refractivity contribution is 0.206. The van der Waals surface area contributed by atoms with Crippen LogP contribution in [0.5, 0.6) is 0 Å². The summed E-state index contributed by atoms with van der Waals surface area (Å²) in [6, 6.07) is 29.4. The van der Waals surface area contributed by atoms with E-state index in [1.54, 1.807) is 0 Å². The molecule has 0 bridgehead atoms. The summed E-state index contributed by atoms with van der Waals surface area (Å²) in [6.45, 7) is 5.62. The Bertz CT molecular complexity index is 1010. The number of nitrogens with zero attached hydrogens (tertiary/aromatic N) is 3. The van der Waals surface area contributed by atoms with Gasteiger partial charge < -0.3 is 9.34 Å². The van der Waals surface area contributed by atoms with Gasteiger partial charge in [0.1, 0.15) is 5.78 Å². The summed E-state index contributed by atoms with van der Waals surface area (Å²) in [5.74, 6) is -0.161. The molecule has 5 rings (SSSR count). The van der Waals surface area contributed by atoms with Crippen LogP contribution in [0.1, 0.15) is 36.2 Å². The number of piperidine rings is 1. The van der Waals surface area contributed by atoms with Crippen LogP contribution < -0.4 is 9.34 Å². The molecular weight excluding hydrogens is 413 g/mol. The van der Waals surface area contributed by atoms with Crippen molar-refractivity contribution in [2.24, 2.45) is 0 Å². The summed E-state index contributed by atoms with van der Waals surface area (Å²) in [5, 5.41) is 0. The minimum Gasteiger partial charge on any atom is -0.304 e. The van der Waals surface area contributed by atoms with Crippen LogP contribution in [0.15, 0.2) is 84.9 Å². The fraction of sp³-hybridized carbons (Fsp3) is 0.333. The molecule has 0 aliphatic carbocycles. The van der Waals surface area contributed by atoms with Gasteiger partial charge in [-0.3, -0.25) is 9.46 Å². The Balaban J connectivity index is 1.68. The van der Waals surface area contributed by atoms with Gasteiger partial charge in [-0.25, -0.2) is 0 Å². The summed E-state index contributed by atoms with van der Waals surface area (Å²) in [4.78, 5) is 2.49. The lowest BCUT2D eigenvalue weighted by Crippen LogP contribution is -2.38. The van der Waals surface area contributed by atoms with E-state index < -0.39 is 7.44 Å². The van der Waals surface area contributed by atoms with Crippen molar-refractivity contribution in [3.63, 3.8) is 0 Å². The third-order valence-electron chi connectivity index (χ3n) is 6.75. The molecule has 0 N–H and O–H groups in total. The molecule has 2 saturated heterocycles. The first-order valence-corrected chi connectivity index (χ1v) is 13.4. The van der Waals surface area contributed by atoms with Gasteiger partial charge in [0.15, 0.2) is 0 Å². The van der Waals surface area contributed by atoms with E-state index in [-0.39, 0.29) is 5.78 Å². The highest BCUT2D eigenvalue weighted by molar-refractivity contribution is 7.67. The van der Waals surface area contributed by atoms with Crippen molar-refractivity contribution >= 4 is 18.8 Å². The van der Waals surface area contributed by atoms with Crippen LogP contribution in [-0.4, -0.2) is 31.1 Å². The van der Waals surface area contributed by atoms with Gasteiger partial charge in [0, 0.05) is 24.5 Å². The van der Waals surface area contributed by atoms with E-state index in [1.807, 2.05) is 36.4 Å². The largest absolute Gasteiger partial charge is 0.304 e. The van der Waals surface area contributed by atoms with Crippen LogP contribution in [0, 0.1) is 6.92 Å². The lowest BCUT2D eigenvalue weighted by Gasteiger charge is -2.44. The molecule has 2 heterocycles. The maximum Gasteiger partial charge on any atom is 0.284 e. The van der Waals surface area contributed by atoms with Crippen LogP contribution in [0.25, 0.3) is 0 Å². The molecule has 0 spiro atoms. The second kappa shape index (κ2) is 9.13. The SMILES string of the molecule is Cc1ccc(C(N2CCCCC2)P2(=O)N(c3ccccc3)CCN2c2ccccc2)cc1. The van der Waals surface area contributed by atoms with E-state index in [1.165, 1.54) is 24.8 Å². The van der Waals surface area contributed by atoms with Crippen LogP contribution >= 0.6 is 7.44 Å². The zero-order valence-electron chi connectivity index (χ0n) is 18.8. The molecule has 1 unspecified atom stereocenters. The first-order chi connectivity index (χ1) is 15.7. The maximum absolute atomic E-state index is 15.6. The average Bonchev–Trinajstić information content (AvgIpc) is 3.19. The van der Waals surface area contributed by atoms with E-state index in [0.29, 0.717) is 0 Å². The Morgan fingerprint density at radius 1 is 0.656 bits per heavy atom. The van der Waals surface area contributed by atoms with Gasteiger partial charge in [0.2, 0.25) is 0 Å². The van der Waals surface area contributed by atoms with Gasteiger partial charge >= 0.3 is 0 Å². The second-order valence-electron chi connectivity index (χ2n) is 8.89. The number of benzene rings is 3. The molecule has 0 amide bonds. The van der Waals surface area contributed by atoms with Gasteiger partial charge in [-0.15, -0.1) is 0 Å². The quantitative estimate of drug-likeness (QED) is 0.408. The van der Waals surface area contributed by atoms with Gasteiger partial charge in [0.05, 0.1) is 0 Å². The molecule has 32 heavy (non-hydrogen) atoms. The van der Waals surface area contributed by atoms with E-state index in [4.69, 9.17) is 0 Å². The van der Waals surface area contributed by atoms with Gasteiger partial charge in [-0.05, 0) is 62.7 Å². The van der Waals surface area contributed by atoms with Crippen molar-refractivity contribution in [3.8, 4) is 0 Å². The number of hydrogen-bond acceptors (Lipinski definition) is 2. The van der Waals surface area contributed by atoms with Crippen molar-refractivity contribution in [2.45, 2.75) is 32.0 Å². The predicted molar refractivity (Wildman–Crippen MR) is 135 cm³/mol. The standard InChI is InChI=1S/C27H32N3OP/c1-23-15-17-24(18-16-23)27(28-19-9-4-10-20-28)32(31)29(25-11-5-2-6-12-25)21-22-30(32)26-13-7-3-8-14-26/h2-3,5-8,11-18,27H,4,9-10,19-22H2,1H3. The first-order valence-electron chi connectivity index (χ1n) is 11.7. The summed E-state index contributed by atoms with van der Waals surface area (Å²) in [6.07, 6.45) is 3.59. The number of hydrogen-bond donors (Lipinski definition) is 0. The van der Waals surface area contributed by atoms with Gasteiger partial charge in [-0.1, -0.05) is 72.6 Å². The van der Waals surface area contributed by atoms with Crippen LogP contribution in [0.2, 0.25) is 0 Å². The second-order valence-corrected chi connectivity index (χ2v) is 11.5. The van der Waals surface area contributed by atoms with Gasteiger partial charge in [0.25, 0.3) is 7.44 Å². The Hall–Kier alpha value is -2.55. The van der Waals surface area contributed by atoms with Gasteiger partial charge in [-0.2, -0.15) is 0 Å². The predicted octanol–water partition coefficient (Wildman–Crippen LogP) is 6.70. The molecule has 1 atom stereocenters. The average molecular weight is 446 g/mol. The minimum absolute atomic E-state index is 0.161. The summed E-state index contributed by atoms with van der Waals surface area (Å²) in [5.41, 5.74) is 4.48. The highest BCUT2D eigenvalue weighted by atomic mass is 31.2. The molecule has 0 saturated carbocycles. The van der Waals surface area contributed by atoms with E-state index in [2.05, 4.69) is 69.7 Å². The molecule has 0 aromatic heterocycles. The third-order valence-corrected chi connectivity index (χ3v) is 10.3. The van der Waals surface area contributed by atoms with Crippen molar-refractivity contribution in [1.29, 1.82) is 0 Å². The molecule has 2 aliphatic heterocycles. The van der Waals surface area contributed by atoms with Crippen LogP contribution in [-0.2, 0) is 4.57 Å². The van der Waals surface area contributed by atoms with Crippen LogP contribution in [0.3, 0.4) is 0 Å². The normalized spacial score (nSPS) is 19.8. The van der Waals surface area contributed by atoms with Crippen molar-refractivity contribution in [1.82, 2.24) is 4.90 Å². The minimum atomic E-state index is -3.06. The maximum atomic E-state index is 15.6. The Morgan fingerprint density at radius 3 is 1.66 bits per heavy atom. The topological polar surface area (TPSA) is 26.8 Å². The fourth-order valence-corrected chi connectivity index (χ4v) is 8.87. The zero-order chi connectivity index (χ0) is 22.0. The first kappa shape index (κ1) is 21.3. The molecule has 4 nitrogen and oxygen atoms in total. The number of anilines is 2. The number of aryl methyl sites for hydroxylation is 1. The summed E-state index contributed by atoms with van der Waals surface area (Å²) in [7, 11) is -3.06. The summed E-state index contributed by atoms with van der Waals surface area (Å²) < 4.78 is 20.0. The highest BCUT2D eigenvalue weighted by Crippen LogP contribution is 2.69. The molecule has 3 aromatic carbocycles. The molecule has 2 fully saturated rings. The van der Waals surface area contributed by atoms with Crippen molar-refractivity contribution in [3.05, 3.63) is 96.1 Å². The van der Waals surface area contributed by atoms with Crippen molar-refractivity contribution < 1.29 is 4.57 Å². The molecule has 5 heteroatoms. The lowest BCUT2D eigenvalue weighted by atomic mass is 10.1. The summed E-state index contributed by atoms with van der Waals surface area (Å²) >= 11 is 0. The van der Waals surface area contributed by atoms with Crippen molar-refractivity contribution in [2.75, 3.05) is 35.5 Å².